The molecule has 1 aliphatic rings. The van der Waals surface area contributed by atoms with E-state index in [0.29, 0.717) is 30.4 Å². The van der Waals surface area contributed by atoms with Crippen LogP contribution in [0.4, 0.5) is 5.82 Å². The molecule has 1 aromatic heterocycles. The van der Waals surface area contributed by atoms with Gasteiger partial charge >= 0.3 is 0 Å². The largest absolute Gasteiger partial charge is 0.384 e. The van der Waals surface area contributed by atoms with Gasteiger partial charge in [0.1, 0.15) is 5.82 Å². The van der Waals surface area contributed by atoms with Crippen molar-refractivity contribution in [2.75, 3.05) is 12.3 Å². The summed E-state index contributed by atoms with van der Waals surface area (Å²) in [7, 11) is 0. The lowest BCUT2D eigenvalue weighted by atomic mass is 10.2. The topological polar surface area (TPSA) is 97.1 Å². The molecular formula is C14H20N4O2. The molecule has 0 bridgehead atoms. The molecule has 0 aromatic carbocycles. The van der Waals surface area contributed by atoms with Crippen molar-refractivity contribution < 1.29 is 9.59 Å². The van der Waals surface area contributed by atoms with Gasteiger partial charge in [0.15, 0.2) is 0 Å². The summed E-state index contributed by atoms with van der Waals surface area (Å²) in [6.45, 7) is 2.27. The Kier molecular flexibility index (Phi) is 4.55. The number of hydrogen-bond donors (Lipinski definition) is 3. The lowest BCUT2D eigenvalue weighted by molar-refractivity contribution is -0.121. The first-order valence-corrected chi connectivity index (χ1v) is 6.92. The predicted molar refractivity (Wildman–Crippen MR) is 76.1 cm³/mol. The molecule has 0 saturated heterocycles. The van der Waals surface area contributed by atoms with Gasteiger partial charge in [-0.3, -0.25) is 9.59 Å². The second-order valence-corrected chi connectivity index (χ2v) is 4.97. The number of nitrogens with zero attached hydrogens (tertiary/aromatic N) is 1. The van der Waals surface area contributed by atoms with Crippen LogP contribution in [-0.4, -0.2) is 29.4 Å². The number of pyridine rings is 1. The number of carbonyl (C=O) groups is 2. The summed E-state index contributed by atoms with van der Waals surface area (Å²) >= 11 is 0. The smallest absolute Gasteiger partial charge is 0.251 e. The summed E-state index contributed by atoms with van der Waals surface area (Å²) in [5.41, 5.74) is 6.92. The summed E-state index contributed by atoms with van der Waals surface area (Å²) in [6, 6.07) is 3.61. The maximum Gasteiger partial charge on any atom is 0.251 e. The first kappa shape index (κ1) is 14.3. The third-order valence-corrected chi connectivity index (χ3v) is 3.10. The Bertz CT molecular complexity index is 512. The van der Waals surface area contributed by atoms with Crippen LogP contribution in [0.3, 0.4) is 0 Å². The summed E-state index contributed by atoms with van der Waals surface area (Å²) in [5.74, 6) is 0.0882. The van der Waals surface area contributed by atoms with Gasteiger partial charge in [0.25, 0.3) is 5.91 Å². The fraction of sp³-hybridized carbons (Fsp3) is 0.500. The van der Waals surface area contributed by atoms with E-state index in [9.17, 15) is 9.59 Å². The highest BCUT2D eigenvalue weighted by Crippen LogP contribution is 2.18. The van der Waals surface area contributed by atoms with Crippen LogP contribution in [0.5, 0.6) is 0 Å². The van der Waals surface area contributed by atoms with Gasteiger partial charge in [-0.1, -0.05) is 6.92 Å². The third kappa shape index (κ3) is 4.22. The number of hydrogen-bond acceptors (Lipinski definition) is 4. The van der Waals surface area contributed by atoms with Crippen LogP contribution in [-0.2, 0) is 11.2 Å². The van der Waals surface area contributed by atoms with E-state index in [1.165, 1.54) is 0 Å². The number of aromatic nitrogens is 1. The Labute approximate surface area is 118 Å². The highest BCUT2D eigenvalue weighted by molar-refractivity contribution is 5.95. The minimum Gasteiger partial charge on any atom is -0.384 e. The molecule has 1 heterocycles. The number of nitrogens with one attached hydrogen (secondary N) is 2. The molecule has 2 rings (SSSR count). The van der Waals surface area contributed by atoms with E-state index < -0.39 is 0 Å². The van der Waals surface area contributed by atoms with Gasteiger partial charge in [-0.25, -0.2) is 4.98 Å². The molecule has 6 heteroatoms. The summed E-state index contributed by atoms with van der Waals surface area (Å²) < 4.78 is 0. The first-order chi connectivity index (χ1) is 9.58. The Balaban J connectivity index is 1.81. The second kappa shape index (κ2) is 6.36. The molecule has 0 atom stereocenters. The standard InChI is InChI=1S/C14H20N4O2/c1-2-10-7-9(8-12(15)17-10)14(20)16-6-5-13(19)18-11-3-4-11/h7-8,11H,2-6H2,1H3,(H2,15,17)(H,16,20)(H,18,19). The zero-order chi connectivity index (χ0) is 14.5. The van der Waals surface area contributed by atoms with Crippen LogP contribution in [0.25, 0.3) is 0 Å². The Morgan fingerprint density at radius 3 is 2.80 bits per heavy atom. The van der Waals surface area contributed by atoms with Crippen molar-refractivity contribution >= 4 is 17.6 Å². The fourth-order valence-electron chi connectivity index (χ4n) is 1.84. The Morgan fingerprint density at radius 1 is 1.40 bits per heavy atom. The van der Waals surface area contributed by atoms with Crippen molar-refractivity contribution in [2.24, 2.45) is 0 Å². The van der Waals surface area contributed by atoms with Crippen LogP contribution in [0, 0.1) is 0 Å². The van der Waals surface area contributed by atoms with Crippen LogP contribution in [0.2, 0.25) is 0 Å². The molecule has 1 saturated carbocycles. The van der Waals surface area contributed by atoms with Crippen molar-refractivity contribution in [2.45, 2.75) is 38.6 Å². The average molecular weight is 276 g/mol. The fourth-order valence-corrected chi connectivity index (χ4v) is 1.84. The van der Waals surface area contributed by atoms with Gasteiger partial charge in [-0.15, -0.1) is 0 Å². The van der Waals surface area contributed by atoms with Gasteiger partial charge in [-0.2, -0.15) is 0 Å². The molecule has 1 aromatic rings. The van der Waals surface area contributed by atoms with Gasteiger partial charge in [0.05, 0.1) is 0 Å². The normalized spacial score (nSPS) is 13.8. The second-order valence-electron chi connectivity index (χ2n) is 4.97. The van der Waals surface area contributed by atoms with Crippen molar-refractivity contribution in [3.05, 3.63) is 23.4 Å². The van der Waals surface area contributed by atoms with Crippen LogP contribution in [0.1, 0.15) is 42.2 Å². The van der Waals surface area contributed by atoms with E-state index >= 15 is 0 Å². The number of nitrogen functional groups attached to an aromatic ring is 1. The summed E-state index contributed by atoms with van der Waals surface area (Å²) in [4.78, 5) is 27.5. The third-order valence-electron chi connectivity index (χ3n) is 3.10. The minimum absolute atomic E-state index is 0.0173. The highest BCUT2D eigenvalue weighted by atomic mass is 16.2. The molecule has 0 radical (unpaired) electrons. The number of nitrogens with two attached hydrogens (primary N) is 1. The quantitative estimate of drug-likeness (QED) is 0.709. The summed E-state index contributed by atoms with van der Waals surface area (Å²) in [6.07, 6.45) is 3.14. The molecule has 0 unspecified atom stereocenters. The van der Waals surface area contributed by atoms with E-state index in [0.717, 1.165) is 25.0 Å². The highest BCUT2D eigenvalue weighted by Gasteiger charge is 2.22. The molecule has 0 aliphatic heterocycles. The van der Waals surface area contributed by atoms with E-state index in [2.05, 4.69) is 15.6 Å². The lowest BCUT2D eigenvalue weighted by Crippen LogP contribution is -2.31. The number of anilines is 1. The molecule has 1 fully saturated rings. The van der Waals surface area contributed by atoms with Gasteiger partial charge < -0.3 is 16.4 Å². The monoisotopic (exact) mass is 276 g/mol. The Hall–Kier alpha value is -2.11. The van der Waals surface area contributed by atoms with Gasteiger partial charge in [0.2, 0.25) is 5.91 Å². The lowest BCUT2D eigenvalue weighted by Gasteiger charge is -2.07. The van der Waals surface area contributed by atoms with Crippen LogP contribution >= 0.6 is 0 Å². The van der Waals surface area contributed by atoms with Crippen molar-refractivity contribution in [3.8, 4) is 0 Å². The average Bonchev–Trinajstić information content (AvgIpc) is 3.21. The van der Waals surface area contributed by atoms with Gasteiger partial charge in [0, 0.05) is 30.3 Å². The molecule has 2 amide bonds. The number of carbonyl (C=O) groups excluding carboxylic acids is 2. The summed E-state index contributed by atoms with van der Waals surface area (Å²) in [5, 5.41) is 5.59. The van der Waals surface area contributed by atoms with Crippen molar-refractivity contribution in [3.63, 3.8) is 0 Å². The van der Waals surface area contributed by atoms with Crippen LogP contribution in [0.15, 0.2) is 12.1 Å². The van der Waals surface area contributed by atoms with Gasteiger partial charge in [-0.05, 0) is 31.4 Å². The molecule has 108 valence electrons. The molecule has 4 N–H and O–H groups in total. The van der Waals surface area contributed by atoms with E-state index in [-0.39, 0.29) is 11.8 Å². The van der Waals surface area contributed by atoms with Crippen molar-refractivity contribution in [1.82, 2.24) is 15.6 Å². The first-order valence-electron chi connectivity index (χ1n) is 6.92. The van der Waals surface area contributed by atoms with E-state index in [1.807, 2.05) is 6.92 Å². The number of rotatable bonds is 6. The molecule has 1 aliphatic carbocycles. The molecular weight excluding hydrogens is 256 g/mol. The predicted octanol–water partition coefficient (Wildman–Crippen LogP) is 0.625. The maximum atomic E-state index is 12.0. The van der Waals surface area contributed by atoms with Crippen LogP contribution < -0.4 is 16.4 Å². The SMILES string of the molecule is CCc1cc(C(=O)NCCC(=O)NC2CC2)cc(N)n1. The molecule has 20 heavy (non-hydrogen) atoms. The minimum atomic E-state index is -0.229. The number of aryl methyl sites for hydroxylation is 1. The van der Waals surface area contributed by atoms with E-state index in [1.54, 1.807) is 12.1 Å². The number of amides is 2. The maximum absolute atomic E-state index is 12.0. The zero-order valence-electron chi connectivity index (χ0n) is 11.6. The molecule has 0 spiro atoms. The van der Waals surface area contributed by atoms with E-state index in [4.69, 9.17) is 5.73 Å². The Morgan fingerprint density at radius 2 is 2.15 bits per heavy atom. The zero-order valence-corrected chi connectivity index (χ0v) is 11.6. The molecule has 6 nitrogen and oxygen atoms in total. The van der Waals surface area contributed by atoms with Crippen molar-refractivity contribution in [1.29, 1.82) is 0 Å².